The summed E-state index contributed by atoms with van der Waals surface area (Å²) in [6.07, 6.45) is 1.54. The van der Waals surface area contributed by atoms with Crippen LogP contribution in [0.3, 0.4) is 0 Å². The first-order valence-corrected chi connectivity index (χ1v) is 7.94. The summed E-state index contributed by atoms with van der Waals surface area (Å²) in [4.78, 5) is 14.1. The molecule has 130 valence electrons. The molecule has 25 heavy (non-hydrogen) atoms. The van der Waals surface area contributed by atoms with Crippen LogP contribution in [-0.2, 0) is 11.3 Å². The Bertz CT molecular complexity index is 835. The van der Waals surface area contributed by atoms with Crippen molar-refractivity contribution in [3.63, 3.8) is 0 Å². The van der Waals surface area contributed by atoms with Crippen molar-refractivity contribution in [2.45, 2.75) is 20.4 Å². The first kappa shape index (κ1) is 16.9. The standard InChI is InChI=1S/C18H20N4O3/c1-12-6-4-7-13(2)17(12)19-15(23)10-22(3)11-16-20-21-18(25-16)14-8-5-9-24-14/h4-9H,10-11H2,1-3H3,(H,19,23). The normalized spacial score (nSPS) is 11.0. The van der Waals surface area contributed by atoms with Gasteiger partial charge in [-0.1, -0.05) is 18.2 Å². The molecule has 0 aliphatic carbocycles. The van der Waals surface area contributed by atoms with Gasteiger partial charge < -0.3 is 14.2 Å². The molecule has 0 radical (unpaired) electrons. The van der Waals surface area contributed by atoms with Crippen molar-refractivity contribution >= 4 is 11.6 Å². The van der Waals surface area contributed by atoms with Crippen molar-refractivity contribution in [3.05, 3.63) is 53.6 Å². The van der Waals surface area contributed by atoms with Crippen LogP contribution in [0.4, 0.5) is 5.69 Å². The predicted molar refractivity (Wildman–Crippen MR) is 92.9 cm³/mol. The fourth-order valence-corrected chi connectivity index (χ4v) is 2.54. The molecular formula is C18H20N4O3. The molecule has 2 heterocycles. The van der Waals surface area contributed by atoms with Crippen LogP contribution in [0.1, 0.15) is 17.0 Å². The van der Waals surface area contributed by atoms with Gasteiger partial charge in [-0.25, -0.2) is 0 Å². The minimum Gasteiger partial charge on any atom is -0.459 e. The van der Waals surface area contributed by atoms with Gasteiger partial charge in [0.1, 0.15) is 0 Å². The molecule has 1 N–H and O–H groups in total. The van der Waals surface area contributed by atoms with Crippen LogP contribution in [0, 0.1) is 13.8 Å². The first-order chi connectivity index (χ1) is 12.0. The van der Waals surface area contributed by atoms with Gasteiger partial charge in [-0.05, 0) is 44.2 Å². The average Bonchev–Trinajstić information content (AvgIpc) is 3.22. The smallest absolute Gasteiger partial charge is 0.283 e. The van der Waals surface area contributed by atoms with Crippen molar-refractivity contribution in [1.82, 2.24) is 15.1 Å². The number of anilines is 1. The number of hydrogen-bond donors (Lipinski definition) is 1. The van der Waals surface area contributed by atoms with Gasteiger partial charge in [0.05, 0.1) is 19.4 Å². The zero-order valence-corrected chi connectivity index (χ0v) is 14.4. The minimum absolute atomic E-state index is 0.0920. The topological polar surface area (TPSA) is 84.4 Å². The van der Waals surface area contributed by atoms with E-state index in [0.717, 1.165) is 16.8 Å². The summed E-state index contributed by atoms with van der Waals surface area (Å²) < 4.78 is 10.8. The molecule has 0 saturated heterocycles. The lowest BCUT2D eigenvalue weighted by molar-refractivity contribution is -0.117. The molecule has 3 rings (SSSR count). The number of benzene rings is 1. The van der Waals surface area contributed by atoms with E-state index in [-0.39, 0.29) is 12.5 Å². The van der Waals surface area contributed by atoms with Gasteiger partial charge in [-0.15, -0.1) is 10.2 Å². The van der Waals surface area contributed by atoms with Crippen LogP contribution in [0.15, 0.2) is 45.4 Å². The summed E-state index contributed by atoms with van der Waals surface area (Å²) in [7, 11) is 1.82. The monoisotopic (exact) mass is 340 g/mol. The molecule has 1 aromatic carbocycles. The summed E-state index contributed by atoms with van der Waals surface area (Å²) in [6, 6.07) is 9.42. The van der Waals surface area contributed by atoms with Crippen LogP contribution in [0.5, 0.6) is 0 Å². The number of amides is 1. The van der Waals surface area contributed by atoms with Crippen LogP contribution in [0.25, 0.3) is 11.7 Å². The van der Waals surface area contributed by atoms with Crippen molar-refractivity contribution < 1.29 is 13.6 Å². The fraction of sp³-hybridized carbons (Fsp3) is 0.278. The maximum atomic E-state index is 12.3. The lowest BCUT2D eigenvalue weighted by Gasteiger charge is -2.16. The minimum atomic E-state index is -0.0920. The molecule has 7 nitrogen and oxygen atoms in total. The number of hydrogen-bond acceptors (Lipinski definition) is 6. The van der Waals surface area contributed by atoms with E-state index in [9.17, 15) is 4.79 Å². The summed E-state index contributed by atoms with van der Waals surface area (Å²) >= 11 is 0. The lowest BCUT2D eigenvalue weighted by atomic mass is 10.1. The first-order valence-electron chi connectivity index (χ1n) is 7.94. The van der Waals surface area contributed by atoms with Gasteiger partial charge in [0.25, 0.3) is 5.89 Å². The van der Waals surface area contributed by atoms with E-state index >= 15 is 0 Å². The van der Waals surface area contributed by atoms with Gasteiger partial charge in [0.2, 0.25) is 11.8 Å². The van der Waals surface area contributed by atoms with E-state index in [1.807, 2.05) is 44.0 Å². The van der Waals surface area contributed by atoms with E-state index in [2.05, 4.69) is 15.5 Å². The molecule has 3 aromatic rings. The van der Waals surface area contributed by atoms with Gasteiger partial charge in [-0.2, -0.15) is 0 Å². The molecule has 0 atom stereocenters. The molecule has 0 saturated carbocycles. The Morgan fingerprint density at radius 1 is 1.16 bits per heavy atom. The number of para-hydroxylation sites is 1. The Kier molecular flexibility index (Phi) is 4.95. The summed E-state index contributed by atoms with van der Waals surface area (Å²) in [5, 5.41) is 10.9. The van der Waals surface area contributed by atoms with E-state index < -0.39 is 0 Å². The SMILES string of the molecule is Cc1cccc(C)c1NC(=O)CN(C)Cc1nnc(-c2ccco2)o1. The molecule has 0 fully saturated rings. The van der Waals surface area contributed by atoms with Crippen molar-refractivity contribution in [1.29, 1.82) is 0 Å². The van der Waals surface area contributed by atoms with Crippen molar-refractivity contribution in [2.75, 3.05) is 18.9 Å². The Labute approximate surface area is 145 Å². The lowest BCUT2D eigenvalue weighted by Crippen LogP contribution is -2.30. The fourth-order valence-electron chi connectivity index (χ4n) is 2.54. The van der Waals surface area contributed by atoms with Crippen molar-refractivity contribution in [3.8, 4) is 11.7 Å². The van der Waals surface area contributed by atoms with Gasteiger partial charge in [0, 0.05) is 5.69 Å². The number of nitrogens with zero attached hydrogens (tertiary/aromatic N) is 3. The van der Waals surface area contributed by atoms with E-state index in [4.69, 9.17) is 8.83 Å². The third kappa shape index (κ3) is 4.13. The molecule has 0 bridgehead atoms. The number of aryl methyl sites for hydroxylation is 2. The highest BCUT2D eigenvalue weighted by atomic mass is 16.4. The van der Waals surface area contributed by atoms with E-state index in [1.165, 1.54) is 0 Å². The number of likely N-dealkylation sites (N-methyl/N-ethyl adjacent to an activating group) is 1. The third-order valence-corrected chi connectivity index (χ3v) is 3.76. The molecule has 7 heteroatoms. The highest BCUT2D eigenvalue weighted by Crippen LogP contribution is 2.20. The number of carbonyl (C=O) groups excluding carboxylic acids is 1. The second-order valence-electron chi connectivity index (χ2n) is 5.97. The quantitative estimate of drug-likeness (QED) is 0.742. The zero-order chi connectivity index (χ0) is 17.8. The van der Waals surface area contributed by atoms with E-state index in [0.29, 0.717) is 24.1 Å². The number of furan rings is 1. The summed E-state index contributed by atoms with van der Waals surface area (Å²) in [5.41, 5.74) is 2.94. The zero-order valence-electron chi connectivity index (χ0n) is 14.4. The Morgan fingerprint density at radius 3 is 2.60 bits per heavy atom. The van der Waals surface area contributed by atoms with Crippen LogP contribution in [-0.4, -0.2) is 34.6 Å². The Hall–Kier alpha value is -2.93. The third-order valence-electron chi connectivity index (χ3n) is 3.76. The molecule has 0 unspecified atom stereocenters. The second-order valence-corrected chi connectivity index (χ2v) is 5.97. The molecule has 2 aromatic heterocycles. The van der Waals surface area contributed by atoms with Gasteiger partial charge in [0.15, 0.2) is 5.76 Å². The second kappa shape index (κ2) is 7.31. The molecule has 0 aliphatic rings. The van der Waals surface area contributed by atoms with Crippen LogP contribution in [0.2, 0.25) is 0 Å². The molecule has 0 spiro atoms. The van der Waals surface area contributed by atoms with E-state index in [1.54, 1.807) is 18.4 Å². The molecule has 0 aliphatic heterocycles. The van der Waals surface area contributed by atoms with Crippen LogP contribution < -0.4 is 5.32 Å². The maximum absolute atomic E-state index is 12.3. The summed E-state index contributed by atoms with van der Waals surface area (Å²) in [5.74, 6) is 1.18. The number of rotatable bonds is 6. The van der Waals surface area contributed by atoms with Gasteiger partial charge >= 0.3 is 0 Å². The average molecular weight is 340 g/mol. The summed E-state index contributed by atoms with van der Waals surface area (Å²) in [6.45, 7) is 4.53. The molecule has 1 amide bonds. The van der Waals surface area contributed by atoms with Crippen LogP contribution >= 0.6 is 0 Å². The van der Waals surface area contributed by atoms with Gasteiger partial charge in [-0.3, -0.25) is 9.69 Å². The highest BCUT2D eigenvalue weighted by molar-refractivity contribution is 5.93. The highest BCUT2D eigenvalue weighted by Gasteiger charge is 2.15. The van der Waals surface area contributed by atoms with Crippen molar-refractivity contribution in [2.24, 2.45) is 0 Å². The number of carbonyl (C=O) groups is 1. The Morgan fingerprint density at radius 2 is 1.92 bits per heavy atom. The largest absolute Gasteiger partial charge is 0.459 e. The predicted octanol–water partition coefficient (Wildman–Crippen LogP) is 3.02. The molecular weight excluding hydrogens is 320 g/mol. The maximum Gasteiger partial charge on any atom is 0.283 e. The Balaban J connectivity index is 1.57. The number of nitrogens with one attached hydrogen (secondary N) is 1. The number of aromatic nitrogens is 2.